The molecule has 1 aliphatic carbocycles. The van der Waals surface area contributed by atoms with E-state index in [0.29, 0.717) is 6.54 Å². The summed E-state index contributed by atoms with van der Waals surface area (Å²) >= 11 is 0. The molecular formula is C15H27N3O2. The molecule has 2 N–H and O–H groups in total. The van der Waals surface area contributed by atoms with Gasteiger partial charge in [-0.1, -0.05) is 19.3 Å². The number of hydrogen-bond acceptors (Lipinski definition) is 3. The predicted octanol–water partition coefficient (Wildman–Crippen LogP) is 1.73. The van der Waals surface area contributed by atoms with Gasteiger partial charge in [-0.3, -0.25) is 15.0 Å². The van der Waals surface area contributed by atoms with Crippen LogP contribution in [0.5, 0.6) is 0 Å². The minimum atomic E-state index is -0.392. The molecule has 5 nitrogen and oxygen atoms in total. The number of rotatable bonds is 3. The van der Waals surface area contributed by atoms with E-state index in [1.165, 1.54) is 32.1 Å². The first kappa shape index (κ1) is 15.3. The number of hydrogen-bond donors (Lipinski definition) is 2. The highest BCUT2D eigenvalue weighted by Crippen LogP contribution is 2.36. The Hall–Kier alpha value is -1.10. The Bertz CT molecular complexity index is 359. The van der Waals surface area contributed by atoms with Crippen LogP contribution in [0.2, 0.25) is 0 Å². The van der Waals surface area contributed by atoms with E-state index in [2.05, 4.69) is 15.5 Å². The van der Waals surface area contributed by atoms with E-state index < -0.39 is 6.03 Å². The number of urea groups is 1. The third-order valence-corrected chi connectivity index (χ3v) is 4.82. The molecule has 0 aromatic rings. The largest absolute Gasteiger partial charge is 0.338 e. The van der Waals surface area contributed by atoms with Crippen molar-refractivity contribution < 1.29 is 9.59 Å². The van der Waals surface area contributed by atoms with Crippen molar-refractivity contribution in [3.63, 3.8) is 0 Å². The lowest BCUT2D eigenvalue weighted by molar-refractivity contribution is -0.126. The second-order valence-corrected chi connectivity index (χ2v) is 6.11. The molecule has 1 aliphatic heterocycles. The van der Waals surface area contributed by atoms with Gasteiger partial charge in [-0.05, 0) is 45.1 Å². The molecule has 0 aromatic heterocycles. The van der Waals surface area contributed by atoms with Gasteiger partial charge in [0.05, 0.1) is 6.04 Å². The highest BCUT2D eigenvalue weighted by Gasteiger charge is 2.34. The molecule has 0 spiro atoms. The van der Waals surface area contributed by atoms with Crippen LogP contribution in [0.15, 0.2) is 0 Å². The summed E-state index contributed by atoms with van der Waals surface area (Å²) < 4.78 is 0. The molecule has 2 rings (SSSR count). The van der Waals surface area contributed by atoms with Crippen LogP contribution < -0.4 is 10.6 Å². The van der Waals surface area contributed by atoms with Crippen molar-refractivity contribution in [2.75, 3.05) is 19.6 Å². The van der Waals surface area contributed by atoms with Gasteiger partial charge >= 0.3 is 6.03 Å². The van der Waals surface area contributed by atoms with Crippen molar-refractivity contribution in [1.82, 2.24) is 15.5 Å². The number of fused-ring (bicyclic) bond motifs is 1. The molecule has 20 heavy (non-hydrogen) atoms. The summed E-state index contributed by atoms with van der Waals surface area (Å²) in [4.78, 5) is 25.7. The molecule has 3 atom stereocenters. The Morgan fingerprint density at radius 2 is 1.90 bits per heavy atom. The van der Waals surface area contributed by atoms with Gasteiger partial charge in [0.1, 0.15) is 0 Å². The first-order valence-electron chi connectivity index (χ1n) is 7.94. The maximum absolute atomic E-state index is 12.1. The third kappa shape index (κ3) is 3.72. The van der Waals surface area contributed by atoms with Gasteiger partial charge < -0.3 is 5.32 Å². The Balaban J connectivity index is 1.84. The van der Waals surface area contributed by atoms with E-state index in [4.69, 9.17) is 0 Å². The zero-order chi connectivity index (χ0) is 14.5. The maximum Gasteiger partial charge on any atom is 0.321 e. The summed E-state index contributed by atoms with van der Waals surface area (Å²) in [6, 6.07) is -0.614. The number of carbonyl (C=O) groups excluding carboxylic acids is 2. The second kappa shape index (κ2) is 7.07. The Morgan fingerprint density at radius 1 is 1.20 bits per heavy atom. The first-order chi connectivity index (χ1) is 9.61. The van der Waals surface area contributed by atoms with Crippen LogP contribution in [0.4, 0.5) is 4.79 Å². The van der Waals surface area contributed by atoms with Crippen LogP contribution in [-0.2, 0) is 4.79 Å². The average Bonchev–Trinajstić information content (AvgIpc) is 2.46. The van der Waals surface area contributed by atoms with Crippen LogP contribution in [0.1, 0.15) is 46.0 Å². The summed E-state index contributed by atoms with van der Waals surface area (Å²) in [6.45, 7) is 6.25. The van der Waals surface area contributed by atoms with Crippen molar-refractivity contribution in [2.24, 2.45) is 11.8 Å². The first-order valence-corrected chi connectivity index (χ1v) is 7.94. The number of piperidine rings is 1. The van der Waals surface area contributed by atoms with Crippen molar-refractivity contribution in [2.45, 2.75) is 52.0 Å². The predicted molar refractivity (Wildman–Crippen MR) is 78.3 cm³/mol. The van der Waals surface area contributed by atoms with Crippen molar-refractivity contribution in [1.29, 1.82) is 0 Å². The van der Waals surface area contributed by atoms with Crippen LogP contribution in [0, 0.1) is 11.8 Å². The Morgan fingerprint density at radius 3 is 2.60 bits per heavy atom. The zero-order valence-electron chi connectivity index (χ0n) is 12.7. The molecule has 2 aliphatic rings. The van der Waals surface area contributed by atoms with Crippen LogP contribution in [0.3, 0.4) is 0 Å². The quantitative estimate of drug-likeness (QED) is 0.828. The molecule has 0 aromatic carbocycles. The number of carbonyl (C=O) groups is 2. The molecule has 1 saturated heterocycles. The van der Waals surface area contributed by atoms with Gasteiger partial charge in [-0.15, -0.1) is 0 Å². The van der Waals surface area contributed by atoms with Crippen molar-refractivity contribution >= 4 is 11.9 Å². The number of nitrogens with one attached hydrogen (secondary N) is 2. The monoisotopic (exact) mass is 281 g/mol. The summed E-state index contributed by atoms with van der Waals surface area (Å²) in [5.74, 6) is 1.42. The standard InChI is InChI=1S/C15H27N3O2/c1-3-16-15(20)17-14(19)11(2)18-9-8-12-6-4-5-7-13(12)10-18/h11-13H,3-10H2,1-2H3,(H2,16,17,19,20). The van der Waals surface area contributed by atoms with Crippen molar-refractivity contribution in [3.05, 3.63) is 0 Å². The van der Waals surface area contributed by atoms with Gasteiger partial charge in [-0.25, -0.2) is 4.79 Å². The Labute approximate surface area is 121 Å². The summed E-state index contributed by atoms with van der Waals surface area (Å²) in [7, 11) is 0. The van der Waals surface area contributed by atoms with Gasteiger partial charge in [0.2, 0.25) is 5.91 Å². The smallest absolute Gasteiger partial charge is 0.321 e. The van der Waals surface area contributed by atoms with E-state index in [1.54, 1.807) is 0 Å². The molecule has 5 heteroatoms. The highest BCUT2D eigenvalue weighted by atomic mass is 16.2. The van der Waals surface area contributed by atoms with Gasteiger partial charge in [0, 0.05) is 13.1 Å². The van der Waals surface area contributed by atoms with E-state index in [9.17, 15) is 9.59 Å². The fourth-order valence-corrected chi connectivity index (χ4v) is 3.57. The second-order valence-electron chi connectivity index (χ2n) is 6.11. The lowest BCUT2D eigenvalue weighted by Gasteiger charge is -2.43. The van der Waals surface area contributed by atoms with Crippen LogP contribution in [-0.4, -0.2) is 42.5 Å². The van der Waals surface area contributed by atoms with Crippen LogP contribution in [0.25, 0.3) is 0 Å². The van der Waals surface area contributed by atoms with E-state index in [-0.39, 0.29) is 11.9 Å². The maximum atomic E-state index is 12.1. The molecule has 3 unspecified atom stereocenters. The fraction of sp³-hybridized carbons (Fsp3) is 0.867. The molecule has 1 heterocycles. The summed E-state index contributed by atoms with van der Waals surface area (Å²) in [6.07, 6.45) is 6.55. The molecule has 114 valence electrons. The van der Waals surface area contributed by atoms with Crippen LogP contribution >= 0.6 is 0 Å². The van der Waals surface area contributed by atoms with E-state index >= 15 is 0 Å². The number of likely N-dealkylation sites (tertiary alicyclic amines) is 1. The molecular weight excluding hydrogens is 254 g/mol. The highest BCUT2D eigenvalue weighted by molar-refractivity contribution is 5.96. The molecule has 0 bridgehead atoms. The normalized spacial score (nSPS) is 28.3. The summed E-state index contributed by atoms with van der Waals surface area (Å²) in [5, 5.41) is 5.01. The molecule has 0 radical (unpaired) electrons. The number of amides is 3. The topological polar surface area (TPSA) is 61.4 Å². The van der Waals surface area contributed by atoms with Gasteiger partial charge in [0.15, 0.2) is 0 Å². The average molecular weight is 281 g/mol. The molecule has 1 saturated carbocycles. The van der Waals surface area contributed by atoms with E-state index in [1.807, 2.05) is 13.8 Å². The third-order valence-electron chi connectivity index (χ3n) is 4.82. The zero-order valence-corrected chi connectivity index (χ0v) is 12.7. The molecule has 3 amide bonds. The summed E-state index contributed by atoms with van der Waals surface area (Å²) in [5.41, 5.74) is 0. The fourth-order valence-electron chi connectivity index (χ4n) is 3.57. The Kier molecular flexibility index (Phi) is 5.40. The lowest BCUT2D eigenvalue weighted by atomic mass is 9.75. The minimum absolute atomic E-state index is 0.190. The van der Waals surface area contributed by atoms with Crippen molar-refractivity contribution in [3.8, 4) is 0 Å². The minimum Gasteiger partial charge on any atom is -0.338 e. The SMILES string of the molecule is CCNC(=O)NC(=O)C(C)N1CCC2CCCCC2C1. The van der Waals surface area contributed by atoms with Gasteiger partial charge in [-0.2, -0.15) is 0 Å². The number of imide groups is 1. The lowest BCUT2D eigenvalue weighted by Crippen LogP contribution is -2.53. The van der Waals surface area contributed by atoms with E-state index in [0.717, 1.165) is 24.9 Å². The van der Waals surface area contributed by atoms with Gasteiger partial charge in [0.25, 0.3) is 0 Å². The molecule has 2 fully saturated rings. The number of nitrogens with zero attached hydrogens (tertiary/aromatic N) is 1.